The summed E-state index contributed by atoms with van der Waals surface area (Å²) in [5.74, 6) is -4.26. The van der Waals surface area contributed by atoms with E-state index in [4.69, 9.17) is 5.11 Å². The first-order valence-electron chi connectivity index (χ1n) is 4.12. The highest BCUT2D eigenvalue weighted by Gasteiger charge is 2.16. The average Bonchev–Trinajstić information content (AvgIpc) is 2.13. The Morgan fingerprint density at radius 1 is 1.27 bits per heavy atom. The van der Waals surface area contributed by atoms with Gasteiger partial charge in [-0.2, -0.15) is 0 Å². The Morgan fingerprint density at radius 3 is 2.40 bits per heavy atom. The maximum atomic E-state index is 13.1. The summed E-state index contributed by atoms with van der Waals surface area (Å²) in [6.45, 7) is 1.38. The molecule has 0 saturated carbocycles. The molecular formula is C10H8F2O3. The van der Waals surface area contributed by atoms with Crippen LogP contribution in [0.2, 0.25) is 0 Å². The second-order valence-electron chi connectivity index (χ2n) is 3.10. The molecule has 80 valence electrons. The number of aliphatic carboxylic acids is 1. The molecule has 15 heavy (non-hydrogen) atoms. The van der Waals surface area contributed by atoms with Crippen LogP contribution in [-0.4, -0.2) is 16.9 Å². The van der Waals surface area contributed by atoms with Crippen LogP contribution in [0, 0.1) is 18.6 Å². The molecule has 0 fully saturated rings. The lowest BCUT2D eigenvalue weighted by atomic mass is 10.1. The number of carbonyl (C=O) groups excluding carboxylic acids is 1. The fourth-order valence-electron chi connectivity index (χ4n) is 1.07. The lowest BCUT2D eigenvalue weighted by Crippen LogP contribution is -2.16. The number of ketones is 1. The Kier molecular flexibility index (Phi) is 3.14. The van der Waals surface area contributed by atoms with Gasteiger partial charge in [0.2, 0.25) is 5.78 Å². The second kappa shape index (κ2) is 4.16. The van der Waals surface area contributed by atoms with Gasteiger partial charge in [0.05, 0.1) is 0 Å². The Bertz CT molecular complexity index is 427. The molecule has 5 heteroatoms. The van der Waals surface area contributed by atoms with Crippen molar-refractivity contribution in [2.45, 2.75) is 13.3 Å². The summed E-state index contributed by atoms with van der Waals surface area (Å²) in [6, 6.07) is 1.77. The van der Waals surface area contributed by atoms with Gasteiger partial charge in [0.25, 0.3) is 0 Å². The number of carboxylic acids is 1. The molecule has 0 aliphatic heterocycles. The second-order valence-corrected chi connectivity index (χ2v) is 3.10. The number of carboxylic acid groups (broad SMARTS) is 1. The number of aryl methyl sites for hydroxylation is 1. The van der Waals surface area contributed by atoms with E-state index in [1.54, 1.807) is 0 Å². The van der Waals surface area contributed by atoms with Crippen molar-refractivity contribution in [3.63, 3.8) is 0 Å². The fraction of sp³-hybridized carbons (Fsp3) is 0.200. The maximum Gasteiger partial charge on any atom is 0.372 e. The zero-order valence-electron chi connectivity index (χ0n) is 7.88. The summed E-state index contributed by atoms with van der Waals surface area (Å²) < 4.78 is 26.1. The zero-order chi connectivity index (χ0) is 11.6. The number of carbonyl (C=O) groups is 2. The topological polar surface area (TPSA) is 54.4 Å². The van der Waals surface area contributed by atoms with Gasteiger partial charge < -0.3 is 5.11 Å². The highest BCUT2D eigenvalue weighted by Crippen LogP contribution is 2.14. The van der Waals surface area contributed by atoms with Gasteiger partial charge >= 0.3 is 5.97 Å². The van der Waals surface area contributed by atoms with Crippen LogP contribution in [0.3, 0.4) is 0 Å². The van der Waals surface area contributed by atoms with Crippen LogP contribution in [0.4, 0.5) is 8.78 Å². The van der Waals surface area contributed by atoms with Gasteiger partial charge in [-0.25, -0.2) is 13.6 Å². The molecule has 0 amide bonds. The largest absolute Gasteiger partial charge is 0.475 e. The number of hydrogen-bond donors (Lipinski definition) is 1. The van der Waals surface area contributed by atoms with Gasteiger partial charge in [-0.3, -0.25) is 4.79 Å². The summed E-state index contributed by atoms with van der Waals surface area (Å²) >= 11 is 0. The van der Waals surface area contributed by atoms with Gasteiger partial charge in [0.1, 0.15) is 11.6 Å². The zero-order valence-corrected chi connectivity index (χ0v) is 7.88. The van der Waals surface area contributed by atoms with Crippen molar-refractivity contribution in [1.82, 2.24) is 0 Å². The third-order valence-electron chi connectivity index (χ3n) is 1.92. The van der Waals surface area contributed by atoms with Crippen molar-refractivity contribution in [1.29, 1.82) is 0 Å². The Hall–Kier alpha value is -1.78. The molecule has 1 aromatic carbocycles. The summed E-state index contributed by atoms with van der Waals surface area (Å²) in [5.41, 5.74) is -0.135. The summed E-state index contributed by atoms with van der Waals surface area (Å²) in [4.78, 5) is 21.0. The predicted molar refractivity (Wildman–Crippen MR) is 47.4 cm³/mol. The molecule has 0 aliphatic carbocycles. The van der Waals surface area contributed by atoms with Crippen molar-refractivity contribution in [2.75, 3.05) is 0 Å². The van der Waals surface area contributed by atoms with Crippen molar-refractivity contribution in [2.24, 2.45) is 0 Å². The minimum atomic E-state index is -1.66. The van der Waals surface area contributed by atoms with Crippen LogP contribution < -0.4 is 0 Å². The minimum Gasteiger partial charge on any atom is -0.475 e. The predicted octanol–water partition coefficient (Wildman–Crippen LogP) is 1.47. The van der Waals surface area contributed by atoms with Crippen LogP contribution in [0.15, 0.2) is 12.1 Å². The minimum absolute atomic E-state index is 0.110. The van der Waals surface area contributed by atoms with Crippen LogP contribution in [0.25, 0.3) is 0 Å². The Labute approximate surface area is 84.3 Å². The third kappa shape index (κ3) is 2.59. The monoisotopic (exact) mass is 214 g/mol. The standard InChI is InChI=1S/C10H8F2O3/c1-5-2-8(12)6(3-7(5)11)4-9(13)10(14)15/h2-3H,4H2,1H3,(H,14,15). The number of hydrogen-bond acceptors (Lipinski definition) is 2. The number of halogens is 2. The molecule has 0 atom stereocenters. The van der Waals surface area contributed by atoms with Gasteiger partial charge in [-0.15, -0.1) is 0 Å². The lowest BCUT2D eigenvalue weighted by Gasteiger charge is -2.03. The SMILES string of the molecule is Cc1cc(F)c(CC(=O)C(=O)O)cc1F. The molecular weight excluding hydrogens is 206 g/mol. The molecule has 0 heterocycles. The molecule has 0 unspecified atom stereocenters. The van der Waals surface area contributed by atoms with E-state index >= 15 is 0 Å². The molecule has 1 rings (SSSR count). The van der Waals surface area contributed by atoms with E-state index in [2.05, 4.69) is 0 Å². The van der Waals surface area contributed by atoms with E-state index in [9.17, 15) is 18.4 Å². The smallest absolute Gasteiger partial charge is 0.372 e. The highest BCUT2D eigenvalue weighted by atomic mass is 19.1. The molecule has 0 aromatic heterocycles. The maximum absolute atomic E-state index is 13.1. The van der Waals surface area contributed by atoms with Crippen molar-refractivity contribution in [3.05, 3.63) is 34.9 Å². The van der Waals surface area contributed by atoms with Crippen LogP contribution in [0.1, 0.15) is 11.1 Å². The first kappa shape index (κ1) is 11.3. The first-order valence-corrected chi connectivity index (χ1v) is 4.12. The normalized spacial score (nSPS) is 10.1. The molecule has 0 saturated heterocycles. The van der Waals surface area contributed by atoms with Crippen molar-refractivity contribution in [3.8, 4) is 0 Å². The van der Waals surface area contributed by atoms with Crippen molar-refractivity contribution >= 4 is 11.8 Å². The number of rotatable bonds is 3. The summed E-state index contributed by atoms with van der Waals surface area (Å²) in [5, 5.41) is 8.29. The van der Waals surface area contributed by atoms with E-state index in [1.165, 1.54) is 6.92 Å². The Balaban J connectivity index is 3.01. The molecule has 0 spiro atoms. The molecule has 1 N–H and O–H groups in total. The van der Waals surface area contributed by atoms with Gasteiger partial charge in [-0.05, 0) is 30.2 Å². The lowest BCUT2D eigenvalue weighted by molar-refractivity contribution is -0.148. The number of benzene rings is 1. The van der Waals surface area contributed by atoms with Gasteiger partial charge in [0.15, 0.2) is 0 Å². The highest BCUT2D eigenvalue weighted by molar-refractivity contribution is 6.33. The average molecular weight is 214 g/mol. The summed E-state index contributed by atoms with van der Waals surface area (Å²) in [7, 11) is 0. The van der Waals surface area contributed by atoms with Crippen LogP contribution in [-0.2, 0) is 16.0 Å². The summed E-state index contributed by atoms with van der Waals surface area (Å²) in [6.07, 6.45) is -0.641. The molecule has 0 radical (unpaired) electrons. The quantitative estimate of drug-likeness (QED) is 0.775. The Morgan fingerprint density at radius 2 is 1.87 bits per heavy atom. The van der Waals surface area contributed by atoms with Gasteiger partial charge in [-0.1, -0.05) is 0 Å². The first-order chi connectivity index (χ1) is 6.91. The van der Waals surface area contributed by atoms with Gasteiger partial charge in [0, 0.05) is 6.42 Å². The van der Waals surface area contributed by atoms with Crippen LogP contribution in [0.5, 0.6) is 0 Å². The van der Waals surface area contributed by atoms with E-state index in [0.717, 1.165) is 12.1 Å². The van der Waals surface area contributed by atoms with E-state index in [-0.39, 0.29) is 11.1 Å². The van der Waals surface area contributed by atoms with Crippen molar-refractivity contribution < 1.29 is 23.5 Å². The molecule has 0 aliphatic rings. The van der Waals surface area contributed by atoms with E-state index < -0.39 is 29.8 Å². The van der Waals surface area contributed by atoms with E-state index in [1.807, 2.05) is 0 Å². The van der Waals surface area contributed by atoms with E-state index in [0.29, 0.717) is 0 Å². The molecule has 3 nitrogen and oxygen atoms in total. The molecule has 1 aromatic rings. The van der Waals surface area contributed by atoms with Crippen LogP contribution >= 0.6 is 0 Å². The molecule has 0 bridgehead atoms. The fourth-order valence-corrected chi connectivity index (χ4v) is 1.07. The number of Topliss-reactive ketones (excluding diaryl/α,β-unsaturated/α-hetero) is 1. The third-order valence-corrected chi connectivity index (χ3v) is 1.92.